The van der Waals surface area contributed by atoms with Crippen LogP contribution in [-0.2, 0) is 11.3 Å². The van der Waals surface area contributed by atoms with Crippen LogP contribution in [0.4, 0.5) is 0 Å². The fourth-order valence-electron chi connectivity index (χ4n) is 1.69. The molecule has 2 rings (SSSR count). The predicted molar refractivity (Wildman–Crippen MR) is 76.1 cm³/mol. The van der Waals surface area contributed by atoms with Gasteiger partial charge in [0, 0.05) is 7.05 Å². The highest BCUT2D eigenvalue weighted by molar-refractivity contribution is 5.77. The molecule has 0 unspecified atom stereocenters. The smallest absolute Gasteiger partial charge is 0.260 e. The number of carbonyl (C=O) groups excluding carboxylic acids is 1. The lowest BCUT2D eigenvalue weighted by Gasteiger charge is -2.15. The lowest BCUT2D eigenvalue weighted by molar-refractivity contribution is -0.132. The van der Waals surface area contributed by atoms with Gasteiger partial charge in [-0.25, -0.2) is 4.98 Å². The summed E-state index contributed by atoms with van der Waals surface area (Å²) in [5, 5.41) is 6.73. The lowest BCUT2D eigenvalue weighted by atomic mass is 10.3. The minimum absolute atomic E-state index is 0.0355. The third-order valence-electron chi connectivity index (χ3n) is 2.87. The standard InChI is InChI=1S/C14H18N4O3/c1-10-15-13(17-16-10)8-18(2)14(19)9-21-12-6-4-11(20-3)5-7-12/h4-7H,8-9H2,1-3H3,(H,15,16,17). The maximum atomic E-state index is 12.0. The van der Waals surface area contributed by atoms with Crippen molar-refractivity contribution in [2.45, 2.75) is 13.5 Å². The van der Waals surface area contributed by atoms with Gasteiger partial charge in [-0.1, -0.05) is 0 Å². The van der Waals surface area contributed by atoms with Crippen molar-refractivity contribution in [2.24, 2.45) is 0 Å². The number of H-pyrrole nitrogens is 1. The van der Waals surface area contributed by atoms with Crippen LogP contribution in [-0.4, -0.2) is 46.8 Å². The summed E-state index contributed by atoms with van der Waals surface area (Å²) in [6.45, 7) is 2.12. The molecular weight excluding hydrogens is 272 g/mol. The molecule has 21 heavy (non-hydrogen) atoms. The van der Waals surface area contributed by atoms with E-state index in [2.05, 4.69) is 15.2 Å². The molecule has 0 fully saturated rings. The zero-order valence-electron chi connectivity index (χ0n) is 12.3. The number of hydrogen-bond donors (Lipinski definition) is 1. The number of carbonyl (C=O) groups is 1. The van der Waals surface area contributed by atoms with Crippen LogP contribution >= 0.6 is 0 Å². The molecule has 7 nitrogen and oxygen atoms in total. The fourth-order valence-corrected chi connectivity index (χ4v) is 1.69. The van der Waals surface area contributed by atoms with Crippen molar-refractivity contribution in [1.82, 2.24) is 20.1 Å². The van der Waals surface area contributed by atoms with E-state index in [1.807, 2.05) is 6.92 Å². The normalized spacial score (nSPS) is 10.2. The first-order valence-corrected chi connectivity index (χ1v) is 6.47. The number of aromatic nitrogens is 3. The Balaban J connectivity index is 1.82. The van der Waals surface area contributed by atoms with Gasteiger partial charge in [0.2, 0.25) is 0 Å². The van der Waals surface area contributed by atoms with Crippen molar-refractivity contribution >= 4 is 5.91 Å². The van der Waals surface area contributed by atoms with Gasteiger partial charge in [0.05, 0.1) is 13.7 Å². The van der Waals surface area contributed by atoms with Crippen LogP contribution in [0.3, 0.4) is 0 Å². The summed E-state index contributed by atoms with van der Waals surface area (Å²) in [5.41, 5.74) is 0. The predicted octanol–water partition coefficient (Wildman–Crippen LogP) is 1.16. The van der Waals surface area contributed by atoms with E-state index in [-0.39, 0.29) is 12.5 Å². The van der Waals surface area contributed by atoms with Gasteiger partial charge < -0.3 is 14.4 Å². The molecule has 1 aromatic carbocycles. The van der Waals surface area contributed by atoms with Gasteiger partial charge >= 0.3 is 0 Å². The molecule has 0 aliphatic carbocycles. The molecule has 0 aliphatic rings. The summed E-state index contributed by atoms with van der Waals surface area (Å²) in [6, 6.07) is 7.06. The number of rotatable bonds is 6. The van der Waals surface area contributed by atoms with Crippen molar-refractivity contribution in [1.29, 1.82) is 0 Å². The van der Waals surface area contributed by atoms with Crippen molar-refractivity contribution < 1.29 is 14.3 Å². The number of amides is 1. The van der Waals surface area contributed by atoms with E-state index in [9.17, 15) is 4.79 Å². The Hall–Kier alpha value is -2.57. The van der Waals surface area contributed by atoms with Crippen LogP contribution in [0.5, 0.6) is 11.5 Å². The van der Waals surface area contributed by atoms with E-state index in [4.69, 9.17) is 9.47 Å². The van der Waals surface area contributed by atoms with Crippen LogP contribution in [0.15, 0.2) is 24.3 Å². The molecule has 112 valence electrons. The first kappa shape index (κ1) is 14.8. The lowest BCUT2D eigenvalue weighted by Crippen LogP contribution is -2.31. The van der Waals surface area contributed by atoms with E-state index in [0.717, 1.165) is 11.6 Å². The van der Waals surface area contributed by atoms with E-state index in [1.54, 1.807) is 38.4 Å². The summed E-state index contributed by atoms with van der Waals surface area (Å²) in [7, 11) is 3.28. The van der Waals surface area contributed by atoms with Crippen molar-refractivity contribution in [2.75, 3.05) is 20.8 Å². The third kappa shape index (κ3) is 4.20. The van der Waals surface area contributed by atoms with Gasteiger partial charge in [-0.05, 0) is 31.2 Å². The number of hydrogen-bond acceptors (Lipinski definition) is 5. The summed E-state index contributed by atoms with van der Waals surface area (Å²) in [4.78, 5) is 17.6. The number of benzene rings is 1. The molecule has 0 saturated heterocycles. The first-order chi connectivity index (χ1) is 10.1. The van der Waals surface area contributed by atoms with Gasteiger partial charge in [-0.15, -0.1) is 0 Å². The minimum atomic E-state index is -0.145. The zero-order chi connectivity index (χ0) is 15.2. The van der Waals surface area contributed by atoms with Crippen LogP contribution in [0.2, 0.25) is 0 Å². The number of ether oxygens (including phenoxy) is 2. The van der Waals surface area contributed by atoms with Crippen LogP contribution in [0.25, 0.3) is 0 Å². The molecule has 1 amide bonds. The second-order valence-corrected chi connectivity index (χ2v) is 4.55. The highest BCUT2D eigenvalue weighted by Crippen LogP contribution is 2.16. The molecular formula is C14H18N4O3. The monoisotopic (exact) mass is 290 g/mol. The fraction of sp³-hybridized carbons (Fsp3) is 0.357. The maximum absolute atomic E-state index is 12.0. The van der Waals surface area contributed by atoms with Crippen molar-refractivity contribution in [3.8, 4) is 11.5 Å². The Morgan fingerprint density at radius 2 is 1.95 bits per heavy atom. The maximum Gasteiger partial charge on any atom is 0.260 e. The molecule has 0 atom stereocenters. The number of aryl methyl sites for hydroxylation is 1. The Morgan fingerprint density at radius 1 is 1.29 bits per heavy atom. The van der Waals surface area contributed by atoms with Crippen LogP contribution in [0.1, 0.15) is 11.6 Å². The quantitative estimate of drug-likeness (QED) is 0.863. The van der Waals surface area contributed by atoms with Crippen LogP contribution in [0, 0.1) is 6.92 Å². The molecule has 0 radical (unpaired) electrons. The highest BCUT2D eigenvalue weighted by Gasteiger charge is 2.12. The molecule has 0 aliphatic heterocycles. The molecule has 1 aromatic heterocycles. The van der Waals surface area contributed by atoms with E-state index < -0.39 is 0 Å². The third-order valence-corrected chi connectivity index (χ3v) is 2.87. The van der Waals surface area contributed by atoms with E-state index >= 15 is 0 Å². The number of likely N-dealkylation sites (N-methyl/N-ethyl adjacent to an activating group) is 1. The Kier molecular flexibility index (Phi) is 4.76. The van der Waals surface area contributed by atoms with E-state index in [1.165, 1.54) is 4.90 Å². The number of methoxy groups -OCH3 is 1. The average molecular weight is 290 g/mol. The molecule has 0 spiro atoms. The topological polar surface area (TPSA) is 80.3 Å². The van der Waals surface area contributed by atoms with Gasteiger partial charge in [0.25, 0.3) is 5.91 Å². The SMILES string of the molecule is COc1ccc(OCC(=O)N(C)Cc2n[nH]c(C)n2)cc1. The summed E-state index contributed by atoms with van der Waals surface area (Å²) in [6.07, 6.45) is 0. The summed E-state index contributed by atoms with van der Waals surface area (Å²) >= 11 is 0. The second-order valence-electron chi connectivity index (χ2n) is 4.55. The van der Waals surface area contributed by atoms with Crippen LogP contribution < -0.4 is 9.47 Å². The second kappa shape index (κ2) is 6.74. The highest BCUT2D eigenvalue weighted by atomic mass is 16.5. The van der Waals surface area contributed by atoms with E-state index in [0.29, 0.717) is 18.1 Å². The Labute approximate surface area is 122 Å². The zero-order valence-corrected chi connectivity index (χ0v) is 12.3. The number of nitrogens with zero attached hydrogens (tertiary/aromatic N) is 3. The average Bonchev–Trinajstić information content (AvgIpc) is 2.90. The first-order valence-electron chi connectivity index (χ1n) is 6.47. The minimum Gasteiger partial charge on any atom is -0.497 e. The van der Waals surface area contributed by atoms with Crippen molar-refractivity contribution in [3.63, 3.8) is 0 Å². The largest absolute Gasteiger partial charge is 0.497 e. The van der Waals surface area contributed by atoms with Gasteiger partial charge in [0.1, 0.15) is 17.3 Å². The molecule has 7 heteroatoms. The van der Waals surface area contributed by atoms with Gasteiger partial charge in [-0.2, -0.15) is 5.10 Å². The van der Waals surface area contributed by atoms with Gasteiger partial charge in [-0.3, -0.25) is 9.89 Å². The molecule has 0 saturated carbocycles. The molecule has 1 N–H and O–H groups in total. The summed E-state index contributed by atoms with van der Waals surface area (Å²) in [5.74, 6) is 2.51. The van der Waals surface area contributed by atoms with Crippen molar-refractivity contribution in [3.05, 3.63) is 35.9 Å². The Morgan fingerprint density at radius 3 is 2.52 bits per heavy atom. The van der Waals surface area contributed by atoms with Gasteiger partial charge in [0.15, 0.2) is 12.4 Å². The Bertz CT molecular complexity index is 595. The number of aromatic amines is 1. The molecule has 1 heterocycles. The summed E-state index contributed by atoms with van der Waals surface area (Å²) < 4.78 is 10.5. The number of nitrogens with one attached hydrogen (secondary N) is 1. The molecule has 2 aromatic rings. The molecule has 0 bridgehead atoms.